The van der Waals surface area contributed by atoms with E-state index >= 15 is 0 Å². The topological polar surface area (TPSA) is 66.5 Å². The molecule has 6 heteroatoms. The fourth-order valence-corrected chi connectivity index (χ4v) is 1.90. The first-order valence-electron chi connectivity index (χ1n) is 6.93. The Hall–Kier alpha value is -2.08. The van der Waals surface area contributed by atoms with E-state index in [-0.39, 0.29) is 0 Å². The van der Waals surface area contributed by atoms with Gasteiger partial charge in [-0.3, -0.25) is 4.98 Å². The average Bonchev–Trinajstić information content (AvgIpc) is 2.82. The Morgan fingerprint density at radius 2 is 2.24 bits per heavy atom. The maximum Gasteiger partial charge on any atom is 0.407 e. The van der Waals surface area contributed by atoms with E-state index in [1.807, 2.05) is 51.2 Å². The van der Waals surface area contributed by atoms with E-state index in [0.717, 1.165) is 23.4 Å². The Morgan fingerprint density at radius 1 is 1.48 bits per heavy atom. The van der Waals surface area contributed by atoms with Gasteiger partial charge < -0.3 is 15.1 Å². The minimum absolute atomic E-state index is 0.402. The minimum atomic E-state index is -0.486. The number of rotatable bonds is 3. The van der Waals surface area contributed by atoms with E-state index in [4.69, 9.17) is 4.74 Å². The molecule has 0 saturated carbocycles. The van der Waals surface area contributed by atoms with Gasteiger partial charge in [0, 0.05) is 38.1 Å². The third-order valence-corrected chi connectivity index (χ3v) is 2.86. The highest BCUT2D eigenvalue weighted by atomic mass is 16.6. The second-order valence-corrected chi connectivity index (χ2v) is 6.01. The number of hydrogen-bond acceptors (Lipinski definition) is 5. The summed E-state index contributed by atoms with van der Waals surface area (Å²) in [5.41, 5.74) is 5.70. The second-order valence-electron chi connectivity index (χ2n) is 6.01. The van der Waals surface area contributed by atoms with Crippen LogP contribution in [0.5, 0.6) is 0 Å². The zero-order chi connectivity index (χ0) is 15.5. The van der Waals surface area contributed by atoms with Gasteiger partial charge in [0.2, 0.25) is 0 Å². The van der Waals surface area contributed by atoms with Crippen LogP contribution in [-0.4, -0.2) is 35.3 Å². The van der Waals surface area contributed by atoms with Gasteiger partial charge in [-0.2, -0.15) is 0 Å². The van der Waals surface area contributed by atoms with Crippen molar-refractivity contribution in [1.29, 1.82) is 0 Å². The Balaban J connectivity index is 1.88. The molecule has 0 spiro atoms. The maximum atomic E-state index is 11.6. The van der Waals surface area contributed by atoms with Gasteiger partial charge in [-0.25, -0.2) is 10.2 Å². The lowest BCUT2D eigenvalue weighted by atomic mass is 10.1. The number of hydrogen-bond donors (Lipinski definition) is 2. The second kappa shape index (κ2) is 6.13. The predicted octanol–water partition coefficient (Wildman–Crippen LogP) is 1.90. The van der Waals surface area contributed by atoms with Crippen LogP contribution in [0, 0.1) is 0 Å². The SMILES string of the molecule is CN1C=C(c2ccc(CNC(=O)OC(C)(C)C)cn2)CN1. The first-order valence-corrected chi connectivity index (χ1v) is 6.93. The van der Waals surface area contributed by atoms with Crippen molar-refractivity contribution in [1.82, 2.24) is 20.7 Å². The summed E-state index contributed by atoms with van der Waals surface area (Å²) in [5.74, 6) is 0. The van der Waals surface area contributed by atoms with Gasteiger partial charge in [0.05, 0.1) is 5.69 Å². The number of aromatic nitrogens is 1. The molecule has 2 rings (SSSR count). The zero-order valence-electron chi connectivity index (χ0n) is 12.9. The van der Waals surface area contributed by atoms with Crippen molar-refractivity contribution >= 4 is 11.7 Å². The van der Waals surface area contributed by atoms with Crippen LogP contribution in [0.4, 0.5) is 4.79 Å². The first kappa shape index (κ1) is 15.3. The lowest BCUT2D eigenvalue weighted by Crippen LogP contribution is -2.32. The fourth-order valence-electron chi connectivity index (χ4n) is 1.90. The monoisotopic (exact) mass is 290 g/mol. The molecule has 0 aliphatic carbocycles. The van der Waals surface area contributed by atoms with E-state index < -0.39 is 11.7 Å². The Morgan fingerprint density at radius 3 is 2.76 bits per heavy atom. The van der Waals surface area contributed by atoms with Crippen LogP contribution < -0.4 is 10.7 Å². The summed E-state index contributed by atoms with van der Waals surface area (Å²) in [6, 6.07) is 3.91. The van der Waals surface area contributed by atoms with Crippen molar-refractivity contribution in [2.24, 2.45) is 0 Å². The molecule has 1 aromatic rings. The molecule has 0 aromatic carbocycles. The summed E-state index contributed by atoms with van der Waals surface area (Å²) < 4.78 is 5.18. The van der Waals surface area contributed by atoms with E-state index in [9.17, 15) is 4.79 Å². The van der Waals surface area contributed by atoms with Crippen molar-refractivity contribution in [3.8, 4) is 0 Å². The largest absolute Gasteiger partial charge is 0.444 e. The van der Waals surface area contributed by atoms with E-state index in [2.05, 4.69) is 15.7 Å². The molecule has 1 aliphatic heterocycles. The number of alkyl carbamates (subject to hydrolysis) is 1. The van der Waals surface area contributed by atoms with E-state index in [0.29, 0.717) is 6.54 Å². The number of nitrogens with one attached hydrogen (secondary N) is 2. The lowest BCUT2D eigenvalue weighted by molar-refractivity contribution is 0.0523. The number of hydrazine groups is 1. The van der Waals surface area contributed by atoms with Crippen LogP contribution in [-0.2, 0) is 11.3 Å². The molecule has 2 N–H and O–H groups in total. The molecule has 114 valence electrons. The van der Waals surface area contributed by atoms with E-state index in [1.165, 1.54) is 0 Å². The third kappa shape index (κ3) is 4.75. The smallest absolute Gasteiger partial charge is 0.407 e. The summed E-state index contributed by atoms with van der Waals surface area (Å²) in [6.07, 6.45) is 3.36. The molecule has 1 aliphatic rings. The normalized spacial score (nSPS) is 14.9. The summed E-state index contributed by atoms with van der Waals surface area (Å²) in [6.45, 7) is 6.69. The molecule has 1 aromatic heterocycles. The van der Waals surface area contributed by atoms with Crippen LogP contribution in [0.2, 0.25) is 0 Å². The third-order valence-electron chi connectivity index (χ3n) is 2.86. The summed E-state index contributed by atoms with van der Waals surface area (Å²) >= 11 is 0. The fraction of sp³-hybridized carbons (Fsp3) is 0.467. The Kier molecular flexibility index (Phi) is 4.47. The number of pyridine rings is 1. The number of carbonyl (C=O) groups excluding carboxylic acids is 1. The van der Waals surface area contributed by atoms with Crippen molar-refractivity contribution in [3.05, 3.63) is 35.8 Å². The molecule has 0 saturated heterocycles. The number of ether oxygens (including phenoxy) is 1. The van der Waals surface area contributed by atoms with Gasteiger partial charge in [0.1, 0.15) is 5.60 Å². The molecule has 0 fully saturated rings. The van der Waals surface area contributed by atoms with Gasteiger partial charge in [-0.15, -0.1) is 0 Å². The summed E-state index contributed by atoms with van der Waals surface area (Å²) in [5, 5.41) is 4.63. The summed E-state index contributed by atoms with van der Waals surface area (Å²) in [4.78, 5) is 16.0. The molecule has 2 heterocycles. The quantitative estimate of drug-likeness (QED) is 0.890. The van der Waals surface area contributed by atoms with Crippen molar-refractivity contribution < 1.29 is 9.53 Å². The number of amides is 1. The van der Waals surface area contributed by atoms with Crippen LogP contribution in [0.1, 0.15) is 32.0 Å². The number of carbonyl (C=O) groups is 1. The van der Waals surface area contributed by atoms with Crippen LogP contribution in [0.3, 0.4) is 0 Å². The Bertz CT molecular complexity index is 532. The molecule has 0 atom stereocenters. The van der Waals surface area contributed by atoms with Gasteiger partial charge in [-0.1, -0.05) is 6.07 Å². The zero-order valence-corrected chi connectivity index (χ0v) is 12.9. The summed E-state index contributed by atoms with van der Waals surface area (Å²) in [7, 11) is 1.95. The van der Waals surface area contributed by atoms with Crippen LogP contribution >= 0.6 is 0 Å². The lowest BCUT2D eigenvalue weighted by Gasteiger charge is -2.19. The Labute approximate surface area is 125 Å². The van der Waals surface area contributed by atoms with Crippen LogP contribution in [0.25, 0.3) is 5.57 Å². The maximum absolute atomic E-state index is 11.6. The predicted molar refractivity (Wildman–Crippen MR) is 81.1 cm³/mol. The molecule has 6 nitrogen and oxygen atoms in total. The highest BCUT2D eigenvalue weighted by Gasteiger charge is 2.16. The van der Waals surface area contributed by atoms with Gasteiger partial charge in [0.15, 0.2) is 0 Å². The molecular weight excluding hydrogens is 268 g/mol. The van der Waals surface area contributed by atoms with Crippen molar-refractivity contribution in [2.45, 2.75) is 32.9 Å². The molecule has 0 unspecified atom stereocenters. The highest BCUT2D eigenvalue weighted by molar-refractivity contribution is 5.68. The van der Waals surface area contributed by atoms with Gasteiger partial charge in [0.25, 0.3) is 0 Å². The van der Waals surface area contributed by atoms with Gasteiger partial charge in [-0.05, 0) is 32.4 Å². The molecule has 0 radical (unpaired) electrons. The molecule has 1 amide bonds. The minimum Gasteiger partial charge on any atom is -0.444 e. The van der Waals surface area contributed by atoms with Crippen molar-refractivity contribution in [3.63, 3.8) is 0 Å². The standard InChI is InChI=1S/C15H22N4O2/c1-15(2,3)21-14(20)17-8-11-5-6-13(16-7-11)12-9-18-19(4)10-12/h5-7,10,18H,8-9H2,1-4H3,(H,17,20). The highest BCUT2D eigenvalue weighted by Crippen LogP contribution is 2.15. The van der Waals surface area contributed by atoms with Crippen molar-refractivity contribution in [2.75, 3.05) is 13.6 Å². The molecule has 21 heavy (non-hydrogen) atoms. The van der Waals surface area contributed by atoms with Crippen LogP contribution in [0.15, 0.2) is 24.5 Å². The molecule has 0 bridgehead atoms. The van der Waals surface area contributed by atoms with Gasteiger partial charge >= 0.3 is 6.09 Å². The van der Waals surface area contributed by atoms with E-state index in [1.54, 1.807) is 6.20 Å². The average molecular weight is 290 g/mol. The first-order chi connectivity index (χ1) is 9.83. The molecular formula is C15H22N4O2. The number of nitrogens with zero attached hydrogens (tertiary/aromatic N) is 2.